The zero-order valence-electron chi connectivity index (χ0n) is 8.52. The fraction of sp³-hybridized carbons (Fsp3) is 1.00. The summed E-state index contributed by atoms with van der Waals surface area (Å²) in [5, 5.41) is 2.27. The summed E-state index contributed by atoms with van der Waals surface area (Å²) in [7, 11) is 1.99. The fourth-order valence-electron chi connectivity index (χ4n) is 1.14. The highest BCUT2D eigenvalue weighted by Crippen LogP contribution is 1.99. The molecule has 0 heterocycles. The Bertz CT molecular complexity index is 79.6. The molecule has 0 aromatic rings. The summed E-state index contributed by atoms with van der Waals surface area (Å²) < 4.78 is 0. The van der Waals surface area contributed by atoms with Gasteiger partial charge < -0.3 is 0 Å². The summed E-state index contributed by atoms with van der Waals surface area (Å²) in [4.78, 5) is 0. The summed E-state index contributed by atoms with van der Waals surface area (Å²) in [6, 6.07) is 0. The van der Waals surface area contributed by atoms with E-state index in [1.807, 2.05) is 7.05 Å². The molecule has 0 aromatic carbocycles. The van der Waals surface area contributed by atoms with Gasteiger partial charge >= 0.3 is 0 Å². The number of hydrogen-bond donors (Lipinski definition) is 1. The smallest absolute Gasteiger partial charge is 0.0154 e. The average molecular weight is 158 g/mol. The number of hydrogen-bond acceptors (Lipinski definition) is 2. The minimum Gasteiger partial charge on any atom is -0.258 e. The Morgan fingerprint density at radius 3 is 1.55 bits per heavy atom. The third kappa shape index (κ3) is 6.32. The molecule has 0 aromatic heterocycles. The van der Waals surface area contributed by atoms with Crippen molar-refractivity contribution >= 4 is 0 Å². The summed E-state index contributed by atoms with van der Waals surface area (Å²) in [6.45, 7) is 11.2. The van der Waals surface area contributed by atoms with Crippen molar-refractivity contribution in [3.05, 3.63) is 0 Å². The maximum absolute atomic E-state index is 3.20. The number of nitrogens with one attached hydrogen (secondary N) is 1. The third-order valence-electron chi connectivity index (χ3n) is 1.49. The Kier molecular flexibility index (Phi) is 5.51. The van der Waals surface area contributed by atoms with Crippen molar-refractivity contribution in [3.63, 3.8) is 0 Å². The average Bonchev–Trinajstić information content (AvgIpc) is 1.84. The normalized spacial score (nSPS) is 12.0. The van der Waals surface area contributed by atoms with Gasteiger partial charge in [-0.15, -0.1) is 0 Å². The van der Waals surface area contributed by atoms with Crippen LogP contribution < -0.4 is 5.43 Å². The van der Waals surface area contributed by atoms with Crippen molar-refractivity contribution in [3.8, 4) is 0 Å². The molecule has 2 heteroatoms. The maximum Gasteiger partial charge on any atom is 0.0154 e. The van der Waals surface area contributed by atoms with Crippen molar-refractivity contribution in [2.75, 3.05) is 20.1 Å². The van der Waals surface area contributed by atoms with Crippen LogP contribution >= 0.6 is 0 Å². The van der Waals surface area contributed by atoms with E-state index in [0.29, 0.717) is 0 Å². The van der Waals surface area contributed by atoms with Gasteiger partial charge in [-0.25, -0.2) is 5.01 Å². The van der Waals surface area contributed by atoms with Crippen molar-refractivity contribution in [2.24, 2.45) is 11.8 Å². The van der Waals surface area contributed by atoms with Crippen LogP contribution in [0.25, 0.3) is 0 Å². The van der Waals surface area contributed by atoms with Crippen LogP contribution in [0.2, 0.25) is 0 Å². The van der Waals surface area contributed by atoms with Crippen molar-refractivity contribution < 1.29 is 0 Å². The number of hydrazine groups is 1. The minimum absolute atomic E-state index is 0.737. The van der Waals surface area contributed by atoms with E-state index in [0.717, 1.165) is 24.9 Å². The first kappa shape index (κ1) is 10.9. The quantitative estimate of drug-likeness (QED) is 0.613. The second-order valence-electron chi connectivity index (χ2n) is 3.92. The van der Waals surface area contributed by atoms with Gasteiger partial charge in [-0.2, -0.15) is 0 Å². The molecule has 11 heavy (non-hydrogen) atoms. The van der Waals surface area contributed by atoms with Crippen LogP contribution in [0.15, 0.2) is 0 Å². The predicted molar refractivity (Wildman–Crippen MR) is 50.3 cm³/mol. The van der Waals surface area contributed by atoms with Crippen molar-refractivity contribution in [2.45, 2.75) is 27.7 Å². The predicted octanol–water partition coefficient (Wildman–Crippen LogP) is 1.73. The van der Waals surface area contributed by atoms with E-state index < -0.39 is 0 Å². The molecule has 0 radical (unpaired) electrons. The van der Waals surface area contributed by atoms with Crippen LogP contribution in [-0.2, 0) is 0 Å². The second-order valence-corrected chi connectivity index (χ2v) is 3.92. The van der Waals surface area contributed by atoms with Gasteiger partial charge in [-0.05, 0) is 18.9 Å². The fourth-order valence-corrected chi connectivity index (χ4v) is 1.14. The largest absolute Gasteiger partial charge is 0.258 e. The highest BCUT2D eigenvalue weighted by Gasteiger charge is 2.05. The van der Waals surface area contributed by atoms with Gasteiger partial charge in [0.25, 0.3) is 0 Å². The second kappa shape index (κ2) is 5.56. The van der Waals surface area contributed by atoms with Crippen LogP contribution in [0, 0.1) is 11.8 Å². The van der Waals surface area contributed by atoms with Crippen LogP contribution in [0.1, 0.15) is 27.7 Å². The first-order valence-electron chi connectivity index (χ1n) is 4.48. The molecule has 0 spiro atoms. The zero-order valence-corrected chi connectivity index (χ0v) is 8.52. The molecule has 0 unspecified atom stereocenters. The molecule has 0 bridgehead atoms. The molecule has 0 amide bonds. The van der Waals surface area contributed by atoms with E-state index in [1.54, 1.807) is 0 Å². The lowest BCUT2D eigenvalue weighted by Gasteiger charge is -2.24. The first-order valence-corrected chi connectivity index (χ1v) is 4.48. The molecular weight excluding hydrogens is 136 g/mol. The van der Waals surface area contributed by atoms with Crippen LogP contribution in [0.5, 0.6) is 0 Å². The third-order valence-corrected chi connectivity index (χ3v) is 1.49. The lowest BCUT2D eigenvalue weighted by Crippen LogP contribution is -2.40. The molecule has 0 atom stereocenters. The van der Waals surface area contributed by atoms with E-state index in [-0.39, 0.29) is 0 Å². The van der Waals surface area contributed by atoms with E-state index in [4.69, 9.17) is 0 Å². The molecule has 0 aliphatic carbocycles. The Morgan fingerprint density at radius 1 is 1.00 bits per heavy atom. The molecule has 0 saturated heterocycles. The van der Waals surface area contributed by atoms with Gasteiger partial charge in [0.2, 0.25) is 0 Å². The SMILES string of the molecule is CNN(CC(C)C)CC(C)C. The lowest BCUT2D eigenvalue weighted by atomic mass is 10.2. The summed E-state index contributed by atoms with van der Waals surface area (Å²) in [5.74, 6) is 1.47. The van der Waals surface area contributed by atoms with E-state index >= 15 is 0 Å². The molecule has 0 fully saturated rings. The zero-order chi connectivity index (χ0) is 8.85. The molecule has 2 nitrogen and oxygen atoms in total. The Labute approximate surface area is 70.9 Å². The molecule has 0 saturated carbocycles. The lowest BCUT2D eigenvalue weighted by molar-refractivity contribution is 0.163. The molecule has 68 valence electrons. The highest BCUT2D eigenvalue weighted by molar-refractivity contribution is 4.56. The highest BCUT2D eigenvalue weighted by atomic mass is 15.5. The van der Waals surface area contributed by atoms with Gasteiger partial charge in [0.1, 0.15) is 0 Å². The molecular formula is C9H22N2. The van der Waals surface area contributed by atoms with E-state index in [9.17, 15) is 0 Å². The Balaban J connectivity index is 3.58. The molecule has 0 aliphatic rings. The standard InChI is InChI=1S/C9H22N2/c1-8(2)6-11(10-5)7-9(3)4/h8-10H,6-7H2,1-5H3. The van der Waals surface area contributed by atoms with Gasteiger partial charge in [-0.1, -0.05) is 27.7 Å². The van der Waals surface area contributed by atoms with E-state index in [2.05, 4.69) is 38.1 Å². The molecule has 0 rings (SSSR count). The summed E-state index contributed by atoms with van der Waals surface area (Å²) >= 11 is 0. The number of nitrogens with zero attached hydrogens (tertiary/aromatic N) is 1. The minimum atomic E-state index is 0.737. The van der Waals surface area contributed by atoms with E-state index in [1.165, 1.54) is 0 Å². The van der Waals surface area contributed by atoms with Crippen molar-refractivity contribution in [1.29, 1.82) is 0 Å². The summed E-state index contributed by atoms with van der Waals surface area (Å²) in [6.07, 6.45) is 0. The summed E-state index contributed by atoms with van der Waals surface area (Å²) in [5.41, 5.74) is 3.20. The molecule has 0 aliphatic heterocycles. The van der Waals surface area contributed by atoms with Gasteiger partial charge in [-0.3, -0.25) is 5.43 Å². The van der Waals surface area contributed by atoms with Crippen LogP contribution in [-0.4, -0.2) is 25.1 Å². The van der Waals surface area contributed by atoms with Gasteiger partial charge in [0.15, 0.2) is 0 Å². The molecule has 1 N–H and O–H groups in total. The topological polar surface area (TPSA) is 15.3 Å². The van der Waals surface area contributed by atoms with Crippen LogP contribution in [0.3, 0.4) is 0 Å². The maximum atomic E-state index is 3.20. The van der Waals surface area contributed by atoms with Gasteiger partial charge in [0.05, 0.1) is 0 Å². The number of rotatable bonds is 5. The Morgan fingerprint density at radius 2 is 1.36 bits per heavy atom. The monoisotopic (exact) mass is 158 g/mol. The first-order chi connectivity index (χ1) is 5.06. The Hall–Kier alpha value is -0.0800. The van der Waals surface area contributed by atoms with Crippen molar-refractivity contribution in [1.82, 2.24) is 10.4 Å². The van der Waals surface area contributed by atoms with Crippen LogP contribution in [0.4, 0.5) is 0 Å². The van der Waals surface area contributed by atoms with Gasteiger partial charge in [0, 0.05) is 13.1 Å².